The van der Waals surface area contributed by atoms with Gasteiger partial charge in [-0.25, -0.2) is 0 Å². The van der Waals surface area contributed by atoms with Crippen LogP contribution in [0.2, 0.25) is 0 Å². The highest BCUT2D eigenvalue weighted by Gasteiger charge is 2.11. The van der Waals surface area contributed by atoms with Crippen molar-refractivity contribution in [2.45, 2.75) is 18.7 Å². The SMILES string of the molecule is CCC(=O)c1cccc(CBr)c1O. The Morgan fingerprint density at radius 2 is 2.23 bits per heavy atom. The van der Waals surface area contributed by atoms with Crippen LogP contribution in [-0.4, -0.2) is 10.9 Å². The van der Waals surface area contributed by atoms with E-state index in [2.05, 4.69) is 15.9 Å². The van der Waals surface area contributed by atoms with Crippen LogP contribution in [0.4, 0.5) is 0 Å². The van der Waals surface area contributed by atoms with E-state index in [1.165, 1.54) is 0 Å². The minimum absolute atomic E-state index is 0.0275. The Labute approximate surface area is 85.7 Å². The van der Waals surface area contributed by atoms with Gasteiger partial charge in [0.2, 0.25) is 0 Å². The van der Waals surface area contributed by atoms with E-state index in [0.29, 0.717) is 17.3 Å². The van der Waals surface area contributed by atoms with E-state index >= 15 is 0 Å². The molecule has 0 radical (unpaired) electrons. The largest absolute Gasteiger partial charge is 0.507 e. The third kappa shape index (κ3) is 2.10. The highest BCUT2D eigenvalue weighted by Crippen LogP contribution is 2.25. The third-order valence-corrected chi connectivity index (χ3v) is 2.49. The molecule has 0 aliphatic heterocycles. The second-order valence-corrected chi connectivity index (χ2v) is 3.28. The van der Waals surface area contributed by atoms with Gasteiger partial charge in [0.15, 0.2) is 5.78 Å². The third-order valence-electron chi connectivity index (χ3n) is 1.89. The summed E-state index contributed by atoms with van der Waals surface area (Å²) in [6.07, 6.45) is 0.416. The summed E-state index contributed by atoms with van der Waals surface area (Å²) in [5, 5.41) is 10.2. The number of ketones is 1. The number of Topliss-reactive ketones (excluding diaryl/α,β-unsaturated/α-hetero) is 1. The van der Waals surface area contributed by atoms with Crippen molar-refractivity contribution in [2.75, 3.05) is 0 Å². The summed E-state index contributed by atoms with van der Waals surface area (Å²) in [5.74, 6) is 0.0755. The van der Waals surface area contributed by atoms with Crippen LogP contribution in [-0.2, 0) is 5.33 Å². The Kier molecular flexibility index (Phi) is 3.48. The molecule has 2 nitrogen and oxygen atoms in total. The molecule has 0 fully saturated rings. The van der Waals surface area contributed by atoms with Gasteiger partial charge in [-0.1, -0.05) is 35.0 Å². The molecule has 0 saturated heterocycles. The number of benzene rings is 1. The van der Waals surface area contributed by atoms with Crippen molar-refractivity contribution >= 4 is 21.7 Å². The van der Waals surface area contributed by atoms with Crippen LogP contribution in [0.15, 0.2) is 18.2 Å². The van der Waals surface area contributed by atoms with E-state index in [1.807, 2.05) is 0 Å². The zero-order valence-electron chi connectivity index (χ0n) is 7.38. The molecule has 0 bridgehead atoms. The molecule has 0 aliphatic rings. The molecule has 0 amide bonds. The smallest absolute Gasteiger partial charge is 0.166 e. The summed E-state index contributed by atoms with van der Waals surface area (Å²) in [6.45, 7) is 1.78. The number of carbonyl (C=O) groups is 1. The molecule has 0 unspecified atom stereocenters. The molecule has 0 atom stereocenters. The van der Waals surface area contributed by atoms with Crippen LogP contribution >= 0.6 is 15.9 Å². The summed E-state index contributed by atoms with van der Waals surface area (Å²) in [6, 6.07) is 5.21. The average Bonchev–Trinajstić information content (AvgIpc) is 2.17. The highest BCUT2D eigenvalue weighted by atomic mass is 79.9. The maximum absolute atomic E-state index is 11.3. The number of rotatable bonds is 3. The number of para-hydroxylation sites is 1. The fraction of sp³-hybridized carbons (Fsp3) is 0.300. The van der Waals surface area contributed by atoms with Gasteiger partial charge in [0.1, 0.15) is 5.75 Å². The van der Waals surface area contributed by atoms with E-state index in [0.717, 1.165) is 5.56 Å². The molecule has 3 heteroatoms. The highest BCUT2D eigenvalue weighted by molar-refractivity contribution is 9.08. The maximum atomic E-state index is 11.3. The first kappa shape index (κ1) is 10.3. The van der Waals surface area contributed by atoms with Crippen LogP contribution in [0.25, 0.3) is 0 Å². The van der Waals surface area contributed by atoms with Crippen molar-refractivity contribution in [3.05, 3.63) is 29.3 Å². The first-order valence-electron chi connectivity index (χ1n) is 4.10. The maximum Gasteiger partial charge on any atom is 0.166 e. The lowest BCUT2D eigenvalue weighted by Crippen LogP contribution is -1.98. The average molecular weight is 243 g/mol. The standard InChI is InChI=1S/C10H11BrO2/c1-2-9(12)8-5-3-4-7(6-11)10(8)13/h3-5,13H,2,6H2,1H3. The van der Waals surface area contributed by atoms with E-state index in [1.54, 1.807) is 25.1 Å². The van der Waals surface area contributed by atoms with E-state index in [-0.39, 0.29) is 11.5 Å². The number of halogens is 1. The van der Waals surface area contributed by atoms with Gasteiger partial charge in [0, 0.05) is 17.3 Å². The summed E-state index contributed by atoms with van der Waals surface area (Å²) in [5.41, 5.74) is 1.17. The zero-order valence-corrected chi connectivity index (χ0v) is 8.97. The Bertz CT molecular complexity index is 321. The number of hydrogen-bond donors (Lipinski definition) is 1. The Morgan fingerprint density at radius 3 is 2.77 bits per heavy atom. The van der Waals surface area contributed by atoms with Crippen LogP contribution in [0.3, 0.4) is 0 Å². The molecular formula is C10H11BrO2. The Hall–Kier alpha value is -0.830. The van der Waals surface area contributed by atoms with E-state index in [9.17, 15) is 9.90 Å². The van der Waals surface area contributed by atoms with Gasteiger partial charge < -0.3 is 5.11 Å². The molecule has 1 aromatic carbocycles. The fourth-order valence-corrected chi connectivity index (χ4v) is 1.57. The van der Waals surface area contributed by atoms with Gasteiger partial charge in [-0.15, -0.1) is 0 Å². The topological polar surface area (TPSA) is 37.3 Å². The summed E-state index contributed by atoms with van der Waals surface area (Å²) in [4.78, 5) is 11.3. The predicted octanol–water partition coefficient (Wildman–Crippen LogP) is 2.88. The number of carbonyl (C=O) groups excluding carboxylic acids is 1. The van der Waals surface area contributed by atoms with Crippen molar-refractivity contribution in [3.63, 3.8) is 0 Å². The molecule has 0 heterocycles. The lowest BCUT2D eigenvalue weighted by molar-refractivity contribution is 0.0985. The summed E-state index contributed by atoms with van der Waals surface area (Å²) >= 11 is 3.24. The molecule has 1 N–H and O–H groups in total. The van der Waals surface area contributed by atoms with Crippen molar-refractivity contribution in [2.24, 2.45) is 0 Å². The van der Waals surface area contributed by atoms with Crippen molar-refractivity contribution < 1.29 is 9.90 Å². The van der Waals surface area contributed by atoms with E-state index < -0.39 is 0 Å². The van der Waals surface area contributed by atoms with Crippen molar-refractivity contribution in [1.82, 2.24) is 0 Å². The molecule has 0 spiro atoms. The summed E-state index contributed by atoms with van der Waals surface area (Å²) in [7, 11) is 0. The lowest BCUT2D eigenvalue weighted by Gasteiger charge is -2.05. The number of hydrogen-bond acceptors (Lipinski definition) is 2. The minimum Gasteiger partial charge on any atom is -0.507 e. The molecule has 0 saturated carbocycles. The van der Waals surface area contributed by atoms with Crippen LogP contribution in [0.5, 0.6) is 5.75 Å². The molecule has 1 rings (SSSR count). The number of phenolic OH excluding ortho intramolecular Hbond substituents is 1. The first-order chi connectivity index (χ1) is 6.20. The first-order valence-corrected chi connectivity index (χ1v) is 5.22. The van der Waals surface area contributed by atoms with E-state index in [4.69, 9.17) is 0 Å². The Morgan fingerprint density at radius 1 is 1.54 bits per heavy atom. The molecule has 0 aromatic heterocycles. The second kappa shape index (κ2) is 4.42. The van der Waals surface area contributed by atoms with Gasteiger partial charge in [0.25, 0.3) is 0 Å². The van der Waals surface area contributed by atoms with Crippen LogP contribution in [0.1, 0.15) is 29.3 Å². The van der Waals surface area contributed by atoms with Crippen LogP contribution < -0.4 is 0 Å². The van der Waals surface area contributed by atoms with Gasteiger partial charge in [-0.2, -0.15) is 0 Å². The monoisotopic (exact) mass is 242 g/mol. The molecule has 1 aromatic rings. The number of alkyl halides is 1. The van der Waals surface area contributed by atoms with Crippen molar-refractivity contribution in [3.8, 4) is 5.75 Å². The quantitative estimate of drug-likeness (QED) is 0.654. The molecule has 13 heavy (non-hydrogen) atoms. The predicted molar refractivity (Wildman–Crippen MR) is 55.4 cm³/mol. The lowest BCUT2D eigenvalue weighted by atomic mass is 10.0. The van der Waals surface area contributed by atoms with Gasteiger partial charge in [-0.3, -0.25) is 4.79 Å². The minimum atomic E-state index is -0.0275. The molecule has 0 aliphatic carbocycles. The van der Waals surface area contributed by atoms with Gasteiger partial charge in [-0.05, 0) is 6.07 Å². The van der Waals surface area contributed by atoms with Crippen molar-refractivity contribution in [1.29, 1.82) is 0 Å². The fourth-order valence-electron chi connectivity index (χ4n) is 1.11. The summed E-state index contributed by atoms with van der Waals surface area (Å²) < 4.78 is 0. The molecular weight excluding hydrogens is 232 g/mol. The Balaban J connectivity index is 3.15. The number of phenols is 1. The zero-order chi connectivity index (χ0) is 9.84. The van der Waals surface area contributed by atoms with Gasteiger partial charge in [0.05, 0.1) is 5.56 Å². The normalized spacial score (nSPS) is 10.0. The van der Waals surface area contributed by atoms with Crippen LogP contribution in [0, 0.1) is 0 Å². The van der Waals surface area contributed by atoms with Gasteiger partial charge >= 0.3 is 0 Å². The molecule has 70 valence electrons. The number of aromatic hydroxyl groups is 1. The second-order valence-electron chi connectivity index (χ2n) is 2.72.